The molecule has 0 spiro atoms. The maximum Gasteiger partial charge on any atom is 0.251 e. The summed E-state index contributed by atoms with van der Waals surface area (Å²) in [6, 6.07) is 3.94. The monoisotopic (exact) mass is 235 g/mol. The van der Waals surface area contributed by atoms with Crippen molar-refractivity contribution in [3.8, 4) is 0 Å². The smallest absolute Gasteiger partial charge is 0.251 e. The van der Waals surface area contributed by atoms with E-state index in [0.29, 0.717) is 0 Å². The van der Waals surface area contributed by atoms with Crippen LogP contribution in [-0.4, -0.2) is 42.2 Å². The Bertz CT molecular complexity index is 421. The van der Waals surface area contributed by atoms with Gasteiger partial charge >= 0.3 is 0 Å². The van der Waals surface area contributed by atoms with Crippen molar-refractivity contribution in [2.45, 2.75) is 19.9 Å². The molecule has 0 amide bonds. The van der Waals surface area contributed by atoms with Crippen LogP contribution in [0, 0.1) is 6.92 Å². The molecule has 17 heavy (non-hydrogen) atoms. The van der Waals surface area contributed by atoms with Crippen LogP contribution in [-0.2, 0) is 0 Å². The van der Waals surface area contributed by atoms with Gasteiger partial charge in [-0.3, -0.25) is 9.69 Å². The zero-order valence-corrected chi connectivity index (χ0v) is 10.6. The van der Waals surface area contributed by atoms with E-state index in [1.807, 2.05) is 23.8 Å². The van der Waals surface area contributed by atoms with Crippen molar-refractivity contribution in [2.24, 2.45) is 0 Å². The van der Waals surface area contributed by atoms with Crippen LogP contribution in [0.5, 0.6) is 0 Å². The molecule has 0 bridgehead atoms. The van der Waals surface area contributed by atoms with Crippen molar-refractivity contribution in [3.05, 3.63) is 34.2 Å². The molecule has 0 radical (unpaired) electrons. The average molecular weight is 235 g/mol. The Morgan fingerprint density at radius 1 is 1.41 bits per heavy atom. The van der Waals surface area contributed by atoms with E-state index >= 15 is 0 Å². The van der Waals surface area contributed by atoms with Gasteiger partial charge in [0.15, 0.2) is 0 Å². The summed E-state index contributed by atoms with van der Waals surface area (Å²) in [7, 11) is 0. The van der Waals surface area contributed by atoms with E-state index < -0.39 is 0 Å². The topological polar surface area (TPSA) is 37.3 Å². The quantitative estimate of drug-likeness (QED) is 0.834. The first-order chi connectivity index (χ1) is 8.16. The van der Waals surface area contributed by atoms with E-state index in [1.165, 1.54) is 0 Å². The zero-order valence-electron chi connectivity index (χ0n) is 10.6. The third-order valence-corrected chi connectivity index (χ3v) is 3.31. The van der Waals surface area contributed by atoms with Gasteiger partial charge in [0.1, 0.15) is 0 Å². The molecule has 4 heteroatoms. The van der Waals surface area contributed by atoms with Crippen LogP contribution < -0.4 is 10.9 Å². The second kappa shape index (κ2) is 5.47. The molecule has 2 rings (SSSR count). The van der Waals surface area contributed by atoms with E-state index in [1.54, 1.807) is 6.07 Å². The second-order valence-corrected chi connectivity index (χ2v) is 4.85. The van der Waals surface area contributed by atoms with Crippen molar-refractivity contribution in [1.82, 2.24) is 14.8 Å². The number of piperazine rings is 1. The molecule has 0 aliphatic carbocycles. The van der Waals surface area contributed by atoms with Gasteiger partial charge in [-0.15, -0.1) is 0 Å². The summed E-state index contributed by atoms with van der Waals surface area (Å²) >= 11 is 0. The Morgan fingerprint density at radius 2 is 2.12 bits per heavy atom. The molecule has 94 valence electrons. The fourth-order valence-corrected chi connectivity index (χ4v) is 2.31. The van der Waals surface area contributed by atoms with Crippen molar-refractivity contribution >= 4 is 0 Å². The number of nitrogens with zero attached hydrogens (tertiary/aromatic N) is 2. The normalized spacial score (nSPS) is 19.2. The molecule has 1 saturated heterocycles. The maximum atomic E-state index is 11.9. The van der Waals surface area contributed by atoms with Crippen LogP contribution in [0.4, 0.5) is 0 Å². The number of aryl methyl sites for hydroxylation is 1. The van der Waals surface area contributed by atoms with Gasteiger partial charge in [-0.2, -0.15) is 0 Å². The molecule has 1 fully saturated rings. The molecule has 0 saturated carbocycles. The number of hydrogen-bond donors (Lipinski definition) is 1. The Balaban J connectivity index is 2.03. The van der Waals surface area contributed by atoms with Crippen LogP contribution in [0.15, 0.2) is 23.1 Å². The minimum absolute atomic E-state index is 0.104. The first-order valence-corrected chi connectivity index (χ1v) is 6.28. The molecule has 4 nitrogen and oxygen atoms in total. The molecule has 1 aromatic rings. The van der Waals surface area contributed by atoms with Crippen LogP contribution in [0.2, 0.25) is 0 Å². The van der Waals surface area contributed by atoms with E-state index in [2.05, 4.69) is 17.1 Å². The number of pyridine rings is 1. The molecular weight excluding hydrogens is 214 g/mol. The summed E-state index contributed by atoms with van der Waals surface area (Å²) in [6.45, 7) is 9.26. The summed E-state index contributed by atoms with van der Waals surface area (Å²) < 4.78 is 1.83. The third kappa shape index (κ3) is 3.17. The van der Waals surface area contributed by atoms with Crippen molar-refractivity contribution < 1.29 is 0 Å². The van der Waals surface area contributed by atoms with Gasteiger partial charge in [0, 0.05) is 51.0 Å². The minimum atomic E-state index is 0.104. The number of hydrogen-bond acceptors (Lipinski definition) is 3. The summed E-state index contributed by atoms with van der Waals surface area (Å²) in [6.07, 6.45) is 1.91. The van der Waals surface area contributed by atoms with Crippen LogP contribution >= 0.6 is 0 Å². The lowest BCUT2D eigenvalue weighted by Gasteiger charge is -2.30. The lowest BCUT2D eigenvalue weighted by molar-refractivity contribution is 0.211. The van der Waals surface area contributed by atoms with Gasteiger partial charge in [-0.1, -0.05) is 0 Å². The number of aromatic nitrogens is 1. The van der Waals surface area contributed by atoms with Crippen LogP contribution in [0.1, 0.15) is 18.5 Å². The highest BCUT2D eigenvalue weighted by atomic mass is 16.1. The minimum Gasteiger partial charge on any atom is -0.314 e. The first-order valence-electron chi connectivity index (χ1n) is 6.28. The average Bonchev–Trinajstić information content (AvgIpc) is 2.30. The summed E-state index contributed by atoms with van der Waals surface area (Å²) in [4.78, 5) is 14.3. The summed E-state index contributed by atoms with van der Waals surface area (Å²) in [5.41, 5.74) is 1.13. The molecular formula is C13H21N3O. The van der Waals surface area contributed by atoms with E-state index in [9.17, 15) is 4.79 Å². The fourth-order valence-electron chi connectivity index (χ4n) is 2.31. The van der Waals surface area contributed by atoms with Gasteiger partial charge in [-0.25, -0.2) is 0 Å². The van der Waals surface area contributed by atoms with Crippen molar-refractivity contribution in [2.75, 3.05) is 32.7 Å². The first kappa shape index (κ1) is 12.3. The SMILES string of the molecule is Cc1ccn(C(C)CN2CCNCC2)c(=O)c1. The summed E-state index contributed by atoms with van der Waals surface area (Å²) in [5.74, 6) is 0. The van der Waals surface area contributed by atoms with Gasteiger partial charge in [0.05, 0.1) is 0 Å². The van der Waals surface area contributed by atoms with Gasteiger partial charge in [-0.05, 0) is 25.5 Å². The van der Waals surface area contributed by atoms with E-state index in [0.717, 1.165) is 38.3 Å². The molecule has 2 heterocycles. The number of nitrogens with one attached hydrogen (secondary N) is 1. The number of rotatable bonds is 3. The third-order valence-electron chi connectivity index (χ3n) is 3.31. The molecule has 1 aromatic heterocycles. The highest BCUT2D eigenvalue weighted by molar-refractivity contribution is 5.08. The molecule has 1 unspecified atom stereocenters. The maximum absolute atomic E-state index is 11.9. The van der Waals surface area contributed by atoms with Gasteiger partial charge in [0.2, 0.25) is 0 Å². The van der Waals surface area contributed by atoms with Crippen molar-refractivity contribution in [1.29, 1.82) is 0 Å². The van der Waals surface area contributed by atoms with Crippen LogP contribution in [0.25, 0.3) is 0 Å². The predicted octanol–water partition coefficient (Wildman–Crippen LogP) is 0.623. The Kier molecular flexibility index (Phi) is 3.97. The molecule has 0 aromatic carbocycles. The molecule has 1 aliphatic rings. The second-order valence-electron chi connectivity index (χ2n) is 4.85. The molecule has 1 atom stereocenters. The Hall–Kier alpha value is -1.13. The standard InChI is InChI=1S/C13H21N3O/c1-11-3-6-16(13(17)9-11)12(2)10-15-7-4-14-5-8-15/h3,6,9,12,14H,4-5,7-8,10H2,1-2H3. The van der Waals surface area contributed by atoms with E-state index in [4.69, 9.17) is 0 Å². The Labute approximate surface area is 102 Å². The largest absolute Gasteiger partial charge is 0.314 e. The molecule has 1 aliphatic heterocycles. The highest BCUT2D eigenvalue weighted by Crippen LogP contribution is 2.06. The van der Waals surface area contributed by atoms with Crippen LogP contribution in [0.3, 0.4) is 0 Å². The van der Waals surface area contributed by atoms with E-state index in [-0.39, 0.29) is 11.6 Å². The van der Waals surface area contributed by atoms with Gasteiger partial charge < -0.3 is 9.88 Å². The lowest BCUT2D eigenvalue weighted by Crippen LogP contribution is -2.45. The fraction of sp³-hybridized carbons (Fsp3) is 0.615. The Morgan fingerprint density at radius 3 is 2.76 bits per heavy atom. The predicted molar refractivity (Wildman–Crippen MR) is 69.5 cm³/mol. The lowest BCUT2D eigenvalue weighted by atomic mass is 10.2. The molecule has 1 N–H and O–H groups in total. The zero-order chi connectivity index (χ0) is 12.3. The van der Waals surface area contributed by atoms with Crippen molar-refractivity contribution in [3.63, 3.8) is 0 Å². The summed E-state index contributed by atoms with van der Waals surface area (Å²) in [5, 5.41) is 3.34. The highest BCUT2D eigenvalue weighted by Gasteiger charge is 2.14. The van der Waals surface area contributed by atoms with Gasteiger partial charge in [0.25, 0.3) is 5.56 Å².